The summed E-state index contributed by atoms with van der Waals surface area (Å²) in [6.07, 6.45) is 4.52. The van der Waals surface area contributed by atoms with Crippen LogP contribution in [0.25, 0.3) is 0 Å². The van der Waals surface area contributed by atoms with Crippen LogP contribution in [0.3, 0.4) is 0 Å². The fraction of sp³-hybridized carbons (Fsp3) is 0.550. The highest BCUT2D eigenvalue weighted by atomic mass is 16.1. The lowest BCUT2D eigenvalue weighted by atomic mass is 9.79. The molecular weight excluding hydrogens is 270 g/mol. The van der Waals surface area contributed by atoms with E-state index in [1.165, 1.54) is 5.56 Å². The lowest BCUT2D eigenvalue weighted by Crippen LogP contribution is -2.47. The topological polar surface area (TPSA) is 20.3 Å². The van der Waals surface area contributed by atoms with Gasteiger partial charge in [-0.3, -0.25) is 9.69 Å². The fourth-order valence-electron chi connectivity index (χ4n) is 3.40. The van der Waals surface area contributed by atoms with Gasteiger partial charge in [-0.15, -0.1) is 0 Å². The van der Waals surface area contributed by atoms with Crippen molar-refractivity contribution in [2.45, 2.75) is 47.1 Å². The van der Waals surface area contributed by atoms with Crippen molar-refractivity contribution in [2.75, 3.05) is 13.1 Å². The molecule has 1 unspecified atom stereocenters. The maximum absolute atomic E-state index is 12.7. The van der Waals surface area contributed by atoms with Crippen LogP contribution in [0.5, 0.6) is 0 Å². The summed E-state index contributed by atoms with van der Waals surface area (Å²) in [7, 11) is 0. The number of piperidine rings is 1. The van der Waals surface area contributed by atoms with E-state index in [0.29, 0.717) is 11.7 Å². The SMILES string of the molecule is CCCC(C)/C=C1/CN(Cc2ccccc2)CC(C)(C)C1=O. The first-order chi connectivity index (χ1) is 10.4. The zero-order valence-electron chi connectivity index (χ0n) is 14.4. The van der Waals surface area contributed by atoms with Crippen LogP contribution < -0.4 is 0 Å². The number of Topliss-reactive ketones (excluding diaryl/α,β-unsaturated/α-hetero) is 1. The molecule has 0 amide bonds. The van der Waals surface area contributed by atoms with E-state index in [2.05, 4.69) is 62.9 Å². The molecule has 0 aromatic heterocycles. The number of rotatable bonds is 5. The average molecular weight is 299 g/mol. The summed E-state index contributed by atoms with van der Waals surface area (Å²) in [5.74, 6) is 0.816. The molecule has 1 heterocycles. The van der Waals surface area contributed by atoms with Gasteiger partial charge in [0.05, 0.1) is 0 Å². The molecule has 1 aliphatic rings. The number of hydrogen-bond acceptors (Lipinski definition) is 2. The smallest absolute Gasteiger partial charge is 0.166 e. The number of carbonyl (C=O) groups excluding carboxylic acids is 1. The van der Waals surface area contributed by atoms with Gasteiger partial charge in [-0.1, -0.05) is 70.5 Å². The summed E-state index contributed by atoms with van der Waals surface area (Å²) in [4.78, 5) is 15.1. The molecule has 2 nitrogen and oxygen atoms in total. The molecule has 120 valence electrons. The molecule has 0 N–H and O–H groups in total. The van der Waals surface area contributed by atoms with Gasteiger partial charge in [0.15, 0.2) is 5.78 Å². The van der Waals surface area contributed by atoms with Gasteiger partial charge in [0.2, 0.25) is 0 Å². The molecule has 1 aromatic rings. The second-order valence-corrected chi connectivity index (χ2v) is 7.30. The van der Waals surface area contributed by atoms with Crippen LogP contribution >= 0.6 is 0 Å². The molecule has 1 aliphatic heterocycles. The molecule has 2 heteroatoms. The summed E-state index contributed by atoms with van der Waals surface area (Å²) in [5, 5.41) is 0. The van der Waals surface area contributed by atoms with E-state index in [4.69, 9.17) is 0 Å². The van der Waals surface area contributed by atoms with E-state index in [-0.39, 0.29) is 5.41 Å². The molecule has 0 bridgehead atoms. The van der Waals surface area contributed by atoms with Gasteiger partial charge in [-0.05, 0) is 17.9 Å². The van der Waals surface area contributed by atoms with Gasteiger partial charge in [0.1, 0.15) is 0 Å². The lowest BCUT2D eigenvalue weighted by Gasteiger charge is -2.38. The normalized spacial score (nSPS) is 22.0. The third kappa shape index (κ3) is 4.30. The van der Waals surface area contributed by atoms with Crippen LogP contribution in [0, 0.1) is 11.3 Å². The monoisotopic (exact) mass is 299 g/mol. The van der Waals surface area contributed by atoms with Gasteiger partial charge in [-0.2, -0.15) is 0 Å². The van der Waals surface area contributed by atoms with Crippen molar-refractivity contribution in [1.82, 2.24) is 4.90 Å². The van der Waals surface area contributed by atoms with E-state index in [9.17, 15) is 4.79 Å². The maximum Gasteiger partial charge on any atom is 0.166 e. The molecule has 1 atom stereocenters. The van der Waals surface area contributed by atoms with Crippen molar-refractivity contribution in [2.24, 2.45) is 11.3 Å². The van der Waals surface area contributed by atoms with Crippen LogP contribution in [0.2, 0.25) is 0 Å². The second kappa shape index (κ2) is 7.23. The standard InChI is InChI=1S/C20H29NO/c1-5-9-16(2)12-18-14-21(15-20(3,4)19(18)22)13-17-10-7-6-8-11-17/h6-8,10-12,16H,5,9,13-15H2,1-4H3/b18-12-. The largest absolute Gasteiger partial charge is 0.294 e. The molecule has 0 saturated carbocycles. The minimum atomic E-state index is -0.287. The van der Waals surface area contributed by atoms with E-state index in [1.807, 2.05) is 6.07 Å². The Morgan fingerprint density at radius 2 is 1.95 bits per heavy atom. The number of hydrogen-bond donors (Lipinski definition) is 0. The highest BCUT2D eigenvalue weighted by molar-refractivity contribution is 6.00. The number of benzene rings is 1. The number of carbonyl (C=O) groups is 1. The fourth-order valence-corrected chi connectivity index (χ4v) is 3.40. The van der Waals surface area contributed by atoms with Crippen molar-refractivity contribution in [3.63, 3.8) is 0 Å². The van der Waals surface area contributed by atoms with Crippen LogP contribution in [0.4, 0.5) is 0 Å². The van der Waals surface area contributed by atoms with Crippen LogP contribution in [-0.2, 0) is 11.3 Å². The minimum Gasteiger partial charge on any atom is -0.294 e. The van der Waals surface area contributed by atoms with Gasteiger partial charge < -0.3 is 0 Å². The number of allylic oxidation sites excluding steroid dienone is 1. The molecule has 0 aliphatic carbocycles. The quantitative estimate of drug-likeness (QED) is 0.748. The van der Waals surface area contributed by atoms with Crippen molar-refractivity contribution >= 4 is 5.78 Å². The Labute approximate surface area is 135 Å². The Bertz CT molecular complexity index is 530. The Kier molecular flexibility index (Phi) is 5.57. The third-order valence-corrected chi connectivity index (χ3v) is 4.40. The Hall–Kier alpha value is -1.41. The van der Waals surface area contributed by atoms with E-state index in [1.54, 1.807) is 0 Å². The molecule has 0 spiro atoms. The summed E-state index contributed by atoms with van der Waals surface area (Å²) >= 11 is 0. The number of ketones is 1. The highest BCUT2D eigenvalue weighted by Gasteiger charge is 2.37. The van der Waals surface area contributed by atoms with Crippen LogP contribution in [-0.4, -0.2) is 23.8 Å². The first-order valence-corrected chi connectivity index (χ1v) is 8.44. The summed E-state index contributed by atoms with van der Waals surface area (Å²) in [6.45, 7) is 11.1. The van der Waals surface area contributed by atoms with Crippen molar-refractivity contribution in [3.8, 4) is 0 Å². The lowest BCUT2D eigenvalue weighted by molar-refractivity contribution is -0.126. The third-order valence-electron chi connectivity index (χ3n) is 4.40. The number of nitrogens with zero attached hydrogens (tertiary/aromatic N) is 1. The summed E-state index contributed by atoms with van der Waals surface area (Å²) in [5.41, 5.74) is 2.03. The van der Waals surface area contributed by atoms with Gasteiger partial charge in [0, 0.05) is 30.6 Å². The van der Waals surface area contributed by atoms with Crippen LogP contribution in [0.15, 0.2) is 42.0 Å². The van der Waals surface area contributed by atoms with Crippen molar-refractivity contribution < 1.29 is 4.79 Å². The predicted molar refractivity (Wildman–Crippen MR) is 92.7 cm³/mol. The van der Waals surface area contributed by atoms with E-state index in [0.717, 1.165) is 38.0 Å². The van der Waals surface area contributed by atoms with Gasteiger partial charge >= 0.3 is 0 Å². The van der Waals surface area contributed by atoms with Gasteiger partial charge in [0.25, 0.3) is 0 Å². The minimum absolute atomic E-state index is 0.287. The molecular formula is C20H29NO. The van der Waals surface area contributed by atoms with Crippen molar-refractivity contribution in [3.05, 3.63) is 47.5 Å². The zero-order chi connectivity index (χ0) is 16.2. The van der Waals surface area contributed by atoms with E-state index < -0.39 is 0 Å². The first kappa shape index (κ1) is 17.0. The molecule has 1 fully saturated rings. The van der Waals surface area contributed by atoms with Crippen LogP contribution in [0.1, 0.15) is 46.1 Å². The molecule has 1 saturated heterocycles. The Morgan fingerprint density at radius 3 is 2.59 bits per heavy atom. The Balaban J connectivity index is 2.15. The molecule has 1 aromatic carbocycles. The molecule has 22 heavy (non-hydrogen) atoms. The Morgan fingerprint density at radius 1 is 1.27 bits per heavy atom. The predicted octanol–water partition coefficient (Wildman–Crippen LogP) is 4.46. The highest BCUT2D eigenvalue weighted by Crippen LogP contribution is 2.30. The summed E-state index contributed by atoms with van der Waals surface area (Å²) in [6, 6.07) is 10.5. The first-order valence-electron chi connectivity index (χ1n) is 8.44. The van der Waals surface area contributed by atoms with Crippen molar-refractivity contribution in [1.29, 1.82) is 0 Å². The van der Waals surface area contributed by atoms with E-state index >= 15 is 0 Å². The maximum atomic E-state index is 12.7. The average Bonchev–Trinajstić information content (AvgIpc) is 2.45. The zero-order valence-corrected chi connectivity index (χ0v) is 14.4. The summed E-state index contributed by atoms with van der Waals surface area (Å²) < 4.78 is 0. The molecule has 0 radical (unpaired) electrons. The molecule has 2 rings (SSSR count). The number of likely N-dealkylation sites (tertiary alicyclic amines) is 1. The second-order valence-electron chi connectivity index (χ2n) is 7.30. The van der Waals surface area contributed by atoms with Gasteiger partial charge in [-0.25, -0.2) is 0 Å².